The summed E-state index contributed by atoms with van der Waals surface area (Å²) >= 11 is 0. The minimum Gasteiger partial charge on any atom is -0.466 e. The first kappa shape index (κ1) is 17.9. The van der Waals surface area contributed by atoms with E-state index < -0.39 is 0 Å². The summed E-state index contributed by atoms with van der Waals surface area (Å²) in [7, 11) is 0. The molecule has 0 saturated carbocycles. The lowest BCUT2D eigenvalue weighted by atomic mass is 10.1. The van der Waals surface area contributed by atoms with Crippen molar-refractivity contribution in [1.82, 2.24) is 0 Å². The van der Waals surface area contributed by atoms with Crippen molar-refractivity contribution >= 4 is 11.9 Å². The molecule has 0 aromatic heterocycles. The average Bonchev–Trinajstić information content (AvgIpc) is 2.37. The van der Waals surface area contributed by atoms with Crippen LogP contribution in [0.15, 0.2) is 0 Å². The first-order valence-electron chi connectivity index (χ1n) is 7.49. The van der Waals surface area contributed by atoms with Gasteiger partial charge in [0.15, 0.2) is 0 Å². The van der Waals surface area contributed by atoms with Crippen LogP contribution in [0.5, 0.6) is 0 Å². The van der Waals surface area contributed by atoms with E-state index in [1.807, 2.05) is 6.92 Å². The highest BCUT2D eigenvalue weighted by molar-refractivity contribution is 5.77. The largest absolute Gasteiger partial charge is 0.466 e. The fourth-order valence-corrected chi connectivity index (χ4v) is 1.76. The van der Waals surface area contributed by atoms with Crippen LogP contribution in [-0.2, 0) is 19.1 Å². The maximum Gasteiger partial charge on any atom is 0.306 e. The molecule has 0 aromatic rings. The van der Waals surface area contributed by atoms with E-state index in [0.29, 0.717) is 6.61 Å². The highest BCUT2D eigenvalue weighted by Gasteiger charge is 2.14. The van der Waals surface area contributed by atoms with Gasteiger partial charge >= 0.3 is 11.9 Å². The van der Waals surface area contributed by atoms with Crippen LogP contribution in [0.1, 0.15) is 72.1 Å². The Balaban J connectivity index is 3.79. The summed E-state index contributed by atoms with van der Waals surface area (Å²) < 4.78 is 10.3. The van der Waals surface area contributed by atoms with Crippen molar-refractivity contribution in [1.29, 1.82) is 0 Å². The van der Waals surface area contributed by atoms with Gasteiger partial charge in [0.2, 0.25) is 0 Å². The molecule has 0 bridgehead atoms. The molecule has 0 saturated heterocycles. The molecule has 0 N–H and O–H groups in total. The molecule has 0 aliphatic carbocycles. The number of esters is 2. The second-order valence-corrected chi connectivity index (χ2v) is 4.76. The minimum atomic E-state index is -0.312. The zero-order chi connectivity index (χ0) is 14.5. The molecule has 0 atom stereocenters. The summed E-state index contributed by atoms with van der Waals surface area (Å²) in [4.78, 5) is 22.9. The third kappa shape index (κ3) is 10.5. The summed E-state index contributed by atoms with van der Waals surface area (Å²) in [5, 5.41) is 0. The molecule has 0 aliphatic heterocycles. The number of unbranched alkanes of at least 4 members (excludes halogenated alkanes) is 1. The molecule has 4 nitrogen and oxygen atoms in total. The molecule has 0 spiro atoms. The monoisotopic (exact) mass is 272 g/mol. The van der Waals surface area contributed by atoms with E-state index in [9.17, 15) is 9.59 Å². The Morgan fingerprint density at radius 3 is 2.00 bits per heavy atom. The highest BCUT2D eigenvalue weighted by Crippen LogP contribution is 2.11. The van der Waals surface area contributed by atoms with Crippen molar-refractivity contribution in [2.24, 2.45) is 0 Å². The second kappa shape index (κ2) is 12.0. The van der Waals surface area contributed by atoms with Crippen molar-refractivity contribution in [3.8, 4) is 0 Å². The molecular weight excluding hydrogens is 244 g/mol. The third-order valence-corrected chi connectivity index (χ3v) is 2.81. The topological polar surface area (TPSA) is 52.6 Å². The predicted molar refractivity (Wildman–Crippen MR) is 74.8 cm³/mol. The maximum atomic E-state index is 11.6. The van der Waals surface area contributed by atoms with Gasteiger partial charge in [0.25, 0.3) is 0 Å². The van der Waals surface area contributed by atoms with Gasteiger partial charge in [-0.05, 0) is 19.3 Å². The maximum absolute atomic E-state index is 11.6. The number of hydrogen-bond donors (Lipinski definition) is 0. The van der Waals surface area contributed by atoms with E-state index in [-0.39, 0.29) is 30.9 Å². The summed E-state index contributed by atoms with van der Waals surface area (Å²) in [5.74, 6) is -0.604. The Bertz CT molecular complexity index is 245. The number of carbonyl (C=O) groups is 2. The lowest BCUT2D eigenvalue weighted by molar-refractivity contribution is -0.154. The summed E-state index contributed by atoms with van der Waals surface area (Å²) in [5.41, 5.74) is 0. The second-order valence-electron chi connectivity index (χ2n) is 4.76. The van der Waals surface area contributed by atoms with Crippen LogP contribution >= 0.6 is 0 Å². The number of ether oxygens (including phenoxy) is 2. The number of rotatable bonds is 11. The summed E-state index contributed by atoms with van der Waals surface area (Å²) in [6, 6.07) is 0. The molecule has 0 radical (unpaired) electrons. The summed E-state index contributed by atoms with van der Waals surface area (Å²) in [6.45, 7) is 6.62. The molecule has 0 unspecified atom stereocenters. The van der Waals surface area contributed by atoms with Gasteiger partial charge in [0.1, 0.15) is 6.10 Å². The van der Waals surface area contributed by atoms with Gasteiger partial charge in [-0.3, -0.25) is 9.59 Å². The number of carbonyl (C=O) groups excluding carboxylic acids is 2. The van der Waals surface area contributed by atoms with Crippen LogP contribution in [0, 0.1) is 0 Å². The van der Waals surface area contributed by atoms with Crippen LogP contribution < -0.4 is 0 Å². The van der Waals surface area contributed by atoms with Crippen molar-refractivity contribution < 1.29 is 19.1 Å². The molecule has 0 aromatic carbocycles. The first-order valence-corrected chi connectivity index (χ1v) is 7.49. The minimum absolute atomic E-state index is 0.00129. The van der Waals surface area contributed by atoms with Gasteiger partial charge in [0, 0.05) is 0 Å². The smallest absolute Gasteiger partial charge is 0.306 e. The molecule has 0 rings (SSSR count). The summed E-state index contributed by atoms with van der Waals surface area (Å²) in [6.07, 6.45) is 5.87. The molecule has 0 fully saturated rings. The SMILES string of the molecule is CCCCOC(=O)CCC(=O)OC(CCC)CCC. The van der Waals surface area contributed by atoms with Crippen molar-refractivity contribution in [3.05, 3.63) is 0 Å². The van der Waals surface area contributed by atoms with Gasteiger partial charge in [-0.2, -0.15) is 0 Å². The van der Waals surface area contributed by atoms with Crippen LogP contribution in [0.4, 0.5) is 0 Å². The Kier molecular flexibility index (Phi) is 11.3. The number of hydrogen-bond acceptors (Lipinski definition) is 4. The van der Waals surface area contributed by atoms with Gasteiger partial charge in [-0.25, -0.2) is 0 Å². The van der Waals surface area contributed by atoms with E-state index in [2.05, 4.69) is 13.8 Å². The quantitative estimate of drug-likeness (QED) is 0.426. The van der Waals surface area contributed by atoms with Gasteiger partial charge in [-0.15, -0.1) is 0 Å². The first-order chi connectivity index (χ1) is 9.13. The molecule has 0 amide bonds. The van der Waals surface area contributed by atoms with Crippen LogP contribution in [0.2, 0.25) is 0 Å². The zero-order valence-corrected chi connectivity index (χ0v) is 12.6. The van der Waals surface area contributed by atoms with Crippen LogP contribution in [0.3, 0.4) is 0 Å². The van der Waals surface area contributed by atoms with E-state index in [1.165, 1.54) is 0 Å². The predicted octanol–water partition coefficient (Wildman–Crippen LogP) is 3.62. The van der Waals surface area contributed by atoms with E-state index in [1.54, 1.807) is 0 Å². The van der Waals surface area contributed by atoms with Gasteiger partial charge in [-0.1, -0.05) is 40.0 Å². The zero-order valence-electron chi connectivity index (χ0n) is 12.6. The lowest BCUT2D eigenvalue weighted by Crippen LogP contribution is -2.19. The Morgan fingerprint density at radius 1 is 0.895 bits per heavy atom. The van der Waals surface area contributed by atoms with Gasteiger partial charge < -0.3 is 9.47 Å². The average molecular weight is 272 g/mol. The molecule has 0 aliphatic rings. The van der Waals surface area contributed by atoms with Crippen LogP contribution in [-0.4, -0.2) is 24.6 Å². The Hall–Kier alpha value is -1.06. The Labute approximate surface area is 116 Å². The molecule has 4 heteroatoms. The van der Waals surface area contributed by atoms with Crippen molar-refractivity contribution in [2.45, 2.75) is 78.2 Å². The third-order valence-electron chi connectivity index (χ3n) is 2.81. The molecular formula is C15H28O4. The van der Waals surface area contributed by atoms with E-state index in [4.69, 9.17) is 9.47 Å². The molecule has 0 heterocycles. The Morgan fingerprint density at radius 2 is 1.47 bits per heavy atom. The van der Waals surface area contributed by atoms with E-state index >= 15 is 0 Å². The standard InChI is InChI=1S/C15H28O4/c1-4-7-12-18-14(16)10-11-15(17)19-13(8-5-2)9-6-3/h13H,4-12H2,1-3H3. The van der Waals surface area contributed by atoms with Crippen molar-refractivity contribution in [3.63, 3.8) is 0 Å². The fraction of sp³-hybridized carbons (Fsp3) is 0.867. The lowest BCUT2D eigenvalue weighted by Gasteiger charge is -2.16. The fourth-order valence-electron chi connectivity index (χ4n) is 1.76. The van der Waals surface area contributed by atoms with Crippen molar-refractivity contribution in [2.75, 3.05) is 6.61 Å². The highest BCUT2D eigenvalue weighted by atomic mass is 16.5. The van der Waals surface area contributed by atoms with E-state index in [0.717, 1.165) is 38.5 Å². The van der Waals surface area contributed by atoms with Gasteiger partial charge in [0.05, 0.1) is 19.4 Å². The van der Waals surface area contributed by atoms with Crippen LogP contribution in [0.25, 0.3) is 0 Å². The normalized spacial score (nSPS) is 10.5. The molecule has 19 heavy (non-hydrogen) atoms. The molecule has 112 valence electrons.